The Morgan fingerprint density at radius 1 is 1.05 bits per heavy atom. The fraction of sp³-hybridized carbons (Fsp3) is 0.188. The lowest BCUT2D eigenvalue weighted by atomic mass is 9.94. The van der Waals surface area contributed by atoms with Crippen molar-refractivity contribution < 1.29 is 9.18 Å². The number of hydrogen-bond acceptors (Lipinski definition) is 1. The summed E-state index contributed by atoms with van der Waals surface area (Å²) in [7, 11) is 0. The Hall–Kier alpha value is -1.67. The van der Waals surface area contributed by atoms with Gasteiger partial charge in [-0.25, -0.2) is 4.39 Å². The fourth-order valence-corrected chi connectivity index (χ4v) is 2.44. The lowest BCUT2D eigenvalue weighted by Crippen LogP contribution is -2.08. The maximum absolute atomic E-state index is 13.3. The molecule has 0 aliphatic heterocycles. The number of carbonyl (C=O) groups excluding carboxylic acids is 1. The summed E-state index contributed by atoms with van der Waals surface area (Å²) in [5, 5.41) is 0.454. The molecule has 2 rings (SSSR count). The van der Waals surface area contributed by atoms with Gasteiger partial charge in [0.25, 0.3) is 0 Å². The summed E-state index contributed by atoms with van der Waals surface area (Å²) in [5.41, 5.74) is 3.08. The van der Waals surface area contributed by atoms with Crippen LogP contribution in [0, 0.1) is 26.6 Å². The number of rotatable bonds is 2. The van der Waals surface area contributed by atoms with E-state index in [2.05, 4.69) is 0 Å². The van der Waals surface area contributed by atoms with Crippen LogP contribution in [-0.4, -0.2) is 5.78 Å². The number of aryl methyl sites for hydroxylation is 3. The van der Waals surface area contributed by atoms with Gasteiger partial charge >= 0.3 is 0 Å². The van der Waals surface area contributed by atoms with E-state index in [0.29, 0.717) is 27.3 Å². The molecule has 0 N–H and O–H groups in total. The van der Waals surface area contributed by atoms with E-state index in [1.54, 1.807) is 26.0 Å². The van der Waals surface area contributed by atoms with E-state index in [9.17, 15) is 9.18 Å². The van der Waals surface area contributed by atoms with E-state index < -0.39 is 0 Å². The van der Waals surface area contributed by atoms with Crippen LogP contribution in [0.15, 0.2) is 30.3 Å². The van der Waals surface area contributed by atoms with Crippen molar-refractivity contribution in [1.82, 2.24) is 0 Å². The minimum atomic E-state index is -0.332. The summed E-state index contributed by atoms with van der Waals surface area (Å²) in [6.45, 7) is 5.31. The first-order chi connectivity index (χ1) is 8.91. The Kier molecular flexibility index (Phi) is 3.72. The molecule has 19 heavy (non-hydrogen) atoms. The highest BCUT2D eigenvalue weighted by atomic mass is 35.5. The van der Waals surface area contributed by atoms with Gasteiger partial charge in [-0.1, -0.05) is 23.7 Å². The number of ketones is 1. The maximum atomic E-state index is 13.3. The molecule has 1 nitrogen and oxygen atoms in total. The van der Waals surface area contributed by atoms with Gasteiger partial charge in [-0.05, 0) is 55.7 Å². The van der Waals surface area contributed by atoms with Gasteiger partial charge in [-0.2, -0.15) is 0 Å². The second kappa shape index (κ2) is 5.14. The van der Waals surface area contributed by atoms with Crippen LogP contribution in [-0.2, 0) is 0 Å². The van der Waals surface area contributed by atoms with Crippen molar-refractivity contribution >= 4 is 17.4 Å². The molecular weight excluding hydrogens is 263 g/mol. The minimum absolute atomic E-state index is 0.163. The molecule has 0 heterocycles. The van der Waals surface area contributed by atoms with Crippen LogP contribution in [0.3, 0.4) is 0 Å². The number of halogens is 2. The molecule has 0 radical (unpaired) electrons. The highest BCUT2D eigenvalue weighted by Gasteiger charge is 2.18. The number of carbonyl (C=O) groups is 1. The molecule has 0 spiro atoms. The van der Waals surface area contributed by atoms with Gasteiger partial charge in [0, 0.05) is 11.1 Å². The molecule has 98 valence electrons. The third-order valence-corrected chi connectivity index (χ3v) is 3.66. The van der Waals surface area contributed by atoms with Crippen molar-refractivity contribution in [2.75, 3.05) is 0 Å². The van der Waals surface area contributed by atoms with Crippen LogP contribution in [0.5, 0.6) is 0 Å². The predicted octanol–water partition coefficient (Wildman–Crippen LogP) is 4.64. The molecule has 0 saturated heterocycles. The molecule has 2 aromatic carbocycles. The van der Waals surface area contributed by atoms with Crippen LogP contribution >= 0.6 is 11.6 Å². The smallest absolute Gasteiger partial charge is 0.195 e. The molecule has 0 aromatic heterocycles. The van der Waals surface area contributed by atoms with Crippen LogP contribution in [0.1, 0.15) is 32.6 Å². The number of hydrogen-bond donors (Lipinski definition) is 0. The number of benzene rings is 2. The van der Waals surface area contributed by atoms with Crippen molar-refractivity contribution in [3.8, 4) is 0 Å². The largest absolute Gasteiger partial charge is 0.289 e. The van der Waals surface area contributed by atoms with E-state index >= 15 is 0 Å². The first kappa shape index (κ1) is 13.8. The summed E-state index contributed by atoms with van der Waals surface area (Å²) < 4.78 is 13.3. The topological polar surface area (TPSA) is 17.1 Å². The lowest BCUT2D eigenvalue weighted by molar-refractivity contribution is 0.103. The monoisotopic (exact) mass is 276 g/mol. The highest BCUT2D eigenvalue weighted by Crippen LogP contribution is 2.26. The van der Waals surface area contributed by atoms with Crippen LogP contribution in [0.4, 0.5) is 4.39 Å². The summed E-state index contributed by atoms with van der Waals surface area (Å²) in [4.78, 5) is 12.6. The van der Waals surface area contributed by atoms with Gasteiger partial charge < -0.3 is 0 Å². The average Bonchev–Trinajstić information content (AvgIpc) is 2.31. The molecule has 0 aliphatic carbocycles. The summed E-state index contributed by atoms with van der Waals surface area (Å²) in [6.07, 6.45) is 0. The van der Waals surface area contributed by atoms with Gasteiger partial charge in [0.2, 0.25) is 0 Å². The second-order valence-corrected chi connectivity index (χ2v) is 5.06. The SMILES string of the molecule is Cc1cccc(C(=O)c2c(C)cc(F)cc2C)c1Cl. The normalized spacial score (nSPS) is 10.6. The van der Waals surface area contributed by atoms with E-state index in [1.165, 1.54) is 12.1 Å². The van der Waals surface area contributed by atoms with Crippen molar-refractivity contribution in [3.05, 3.63) is 69.0 Å². The average molecular weight is 277 g/mol. The van der Waals surface area contributed by atoms with E-state index in [4.69, 9.17) is 11.6 Å². The Morgan fingerprint density at radius 3 is 2.21 bits per heavy atom. The third kappa shape index (κ3) is 2.54. The Balaban J connectivity index is 2.60. The first-order valence-corrected chi connectivity index (χ1v) is 6.36. The van der Waals surface area contributed by atoms with Crippen LogP contribution in [0.2, 0.25) is 5.02 Å². The molecule has 0 fully saturated rings. The molecule has 0 unspecified atom stereocenters. The highest BCUT2D eigenvalue weighted by molar-refractivity contribution is 6.35. The second-order valence-electron chi connectivity index (χ2n) is 4.68. The molecule has 0 saturated carbocycles. The molecule has 3 heteroatoms. The van der Waals surface area contributed by atoms with Gasteiger partial charge in [0.15, 0.2) is 5.78 Å². The van der Waals surface area contributed by atoms with Gasteiger partial charge in [-0.15, -0.1) is 0 Å². The molecule has 2 aromatic rings. The van der Waals surface area contributed by atoms with Crippen molar-refractivity contribution in [1.29, 1.82) is 0 Å². The summed E-state index contributed by atoms with van der Waals surface area (Å²) in [5.74, 6) is -0.495. The van der Waals surface area contributed by atoms with Crippen molar-refractivity contribution in [3.63, 3.8) is 0 Å². The van der Waals surface area contributed by atoms with Gasteiger partial charge in [0.05, 0.1) is 5.02 Å². The minimum Gasteiger partial charge on any atom is -0.289 e. The molecule has 0 bridgehead atoms. The fourth-order valence-electron chi connectivity index (χ4n) is 2.23. The molecule has 0 atom stereocenters. The van der Waals surface area contributed by atoms with Gasteiger partial charge in [0.1, 0.15) is 5.82 Å². The van der Waals surface area contributed by atoms with Crippen molar-refractivity contribution in [2.45, 2.75) is 20.8 Å². The zero-order valence-corrected chi connectivity index (χ0v) is 11.8. The van der Waals surface area contributed by atoms with Crippen LogP contribution < -0.4 is 0 Å². The zero-order valence-electron chi connectivity index (χ0n) is 11.1. The molecule has 0 aliphatic rings. The third-order valence-electron chi connectivity index (χ3n) is 3.16. The van der Waals surface area contributed by atoms with Crippen LogP contribution in [0.25, 0.3) is 0 Å². The van der Waals surface area contributed by atoms with Gasteiger partial charge in [-0.3, -0.25) is 4.79 Å². The Labute approximate surface area is 117 Å². The summed E-state index contributed by atoms with van der Waals surface area (Å²) in [6, 6.07) is 8.07. The van der Waals surface area contributed by atoms with E-state index in [1.807, 2.05) is 13.0 Å². The zero-order chi connectivity index (χ0) is 14.2. The Morgan fingerprint density at radius 2 is 1.63 bits per heavy atom. The Bertz CT molecular complexity index is 639. The van der Waals surface area contributed by atoms with Crippen molar-refractivity contribution in [2.24, 2.45) is 0 Å². The standard InChI is InChI=1S/C16H14ClFO/c1-9-5-4-6-13(15(9)17)16(19)14-10(2)7-12(18)8-11(14)3/h4-8H,1-3H3. The molecule has 0 amide bonds. The predicted molar refractivity (Wildman–Crippen MR) is 75.5 cm³/mol. The van der Waals surface area contributed by atoms with E-state index in [-0.39, 0.29) is 11.6 Å². The summed E-state index contributed by atoms with van der Waals surface area (Å²) >= 11 is 6.18. The lowest BCUT2D eigenvalue weighted by Gasteiger charge is -2.11. The maximum Gasteiger partial charge on any atom is 0.195 e. The van der Waals surface area contributed by atoms with E-state index in [0.717, 1.165) is 5.56 Å². The quantitative estimate of drug-likeness (QED) is 0.731. The molecular formula is C16H14ClFO. The first-order valence-electron chi connectivity index (χ1n) is 5.98.